The monoisotopic (exact) mass is 370 g/mol. The topological polar surface area (TPSA) is 38.1 Å². The van der Waals surface area contributed by atoms with Gasteiger partial charge in [0.1, 0.15) is 6.26 Å². The highest BCUT2D eigenvalue weighted by molar-refractivity contribution is 9.10. The zero-order valence-corrected chi connectivity index (χ0v) is 14.8. The standard InChI is InChI=1S/C19H19BrN2O/c1-13-7-9-15(10-8-13)14(2)21-11-16-12-23-19(22-16)17-5-3-4-6-18(17)20/h3-10,12,14,21H,11H2,1-2H3/t14-/m1/s1. The number of hydrogen-bond donors (Lipinski definition) is 1. The first-order chi connectivity index (χ1) is 11.1. The minimum atomic E-state index is 0.263. The first-order valence-corrected chi connectivity index (χ1v) is 8.42. The molecular weight excluding hydrogens is 352 g/mol. The van der Waals surface area contributed by atoms with E-state index in [4.69, 9.17) is 4.42 Å². The molecule has 1 aromatic heterocycles. The maximum atomic E-state index is 5.60. The summed E-state index contributed by atoms with van der Waals surface area (Å²) in [6, 6.07) is 16.8. The fourth-order valence-corrected chi connectivity index (χ4v) is 2.83. The summed E-state index contributed by atoms with van der Waals surface area (Å²) >= 11 is 3.53. The maximum absolute atomic E-state index is 5.60. The van der Waals surface area contributed by atoms with E-state index in [0.29, 0.717) is 12.4 Å². The zero-order chi connectivity index (χ0) is 16.2. The maximum Gasteiger partial charge on any atom is 0.227 e. The van der Waals surface area contributed by atoms with Crippen LogP contribution in [-0.4, -0.2) is 4.98 Å². The second-order valence-corrected chi connectivity index (χ2v) is 6.49. The molecule has 4 heteroatoms. The summed E-state index contributed by atoms with van der Waals surface area (Å²) in [6.45, 7) is 4.92. The third-order valence-electron chi connectivity index (χ3n) is 3.82. The van der Waals surface area contributed by atoms with Gasteiger partial charge >= 0.3 is 0 Å². The molecule has 0 aliphatic carbocycles. The number of hydrogen-bond acceptors (Lipinski definition) is 3. The molecule has 1 atom stereocenters. The fraction of sp³-hybridized carbons (Fsp3) is 0.211. The van der Waals surface area contributed by atoms with Crippen LogP contribution >= 0.6 is 15.9 Å². The van der Waals surface area contributed by atoms with Gasteiger partial charge in [-0.25, -0.2) is 4.98 Å². The molecule has 3 aromatic rings. The predicted octanol–water partition coefficient (Wildman–Crippen LogP) is 5.26. The molecule has 118 valence electrons. The lowest BCUT2D eigenvalue weighted by Gasteiger charge is -2.13. The fourth-order valence-electron chi connectivity index (χ4n) is 2.38. The normalized spacial score (nSPS) is 12.3. The van der Waals surface area contributed by atoms with Gasteiger partial charge in [-0.1, -0.05) is 42.0 Å². The molecule has 0 amide bonds. The molecule has 3 nitrogen and oxygen atoms in total. The van der Waals surface area contributed by atoms with Crippen LogP contribution in [0.1, 0.15) is 29.8 Å². The summed E-state index contributed by atoms with van der Waals surface area (Å²) in [5.74, 6) is 0.636. The van der Waals surface area contributed by atoms with E-state index >= 15 is 0 Å². The van der Waals surface area contributed by atoms with Crippen LogP contribution in [0.5, 0.6) is 0 Å². The molecule has 23 heavy (non-hydrogen) atoms. The van der Waals surface area contributed by atoms with Gasteiger partial charge in [-0.15, -0.1) is 0 Å². The van der Waals surface area contributed by atoms with E-state index in [0.717, 1.165) is 15.7 Å². The first-order valence-electron chi connectivity index (χ1n) is 7.63. The number of aromatic nitrogens is 1. The van der Waals surface area contributed by atoms with E-state index in [2.05, 4.69) is 64.3 Å². The Hall–Kier alpha value is -1.91. The average molecular weight is 371 g/mol. The Morgan fingerprint density at radius 3 is 2.61 bits per heavy atom. The SMILES string of the molecule is Cc1ccc([C@@H](C)NCc2coc(-c3ccccc3Br)n2)cc1. The van der Waals surface area contributed by atoms with Crippen molar-refractivity contribution in [2.45, 2.75) is 26.4 Å². The summed E-state index contributed by atoms with van der Waals surface area (Å²) in [4.78, 5) is 4.56. The molecule has 0 aliphatic rings. The molecule has 0 radical (unpaired) electrons. The quantitative estimate of drug-likeness (QED) is 0.665. The van der Waals surface area contributed by atoms with E-state index in [1.807, 2.05) is 24.3 Å². The van der Waals surface area contributed by atoms with E-state index in [9.17, 15) is 0 Å². The second-order valence-electron chi connectivity index (χ2n) is 5.64. The number of rotatable bonds is 5. The Morgan fingerprint density at radius 1 is 1.13 bits per heavy atom. The molecule has 0 spiro atoms. The van der Waals surface area contributed by atoms with Gasteiger partial charge in [0.15, 0.2) is 0 Å². The summed E-state index contributed by atoms with van der Waals surface area (Å²) in [6.07, 6.45) is 1.71. The number of nitrogens with one attached hydrogen (secondary N) is 1. The molecule has 0 saturated carbocycles. The Morgan fingerprint density at radius 2 is 1.87 bits per heavy atom. The highest BCUT2D eigenvalue weighted by Crippen LogP contribution is 2.27. The number of nitrogens with zero attached hydrogens (tertiary/aromatic N) is 1. The summed E-state index contributed by atoms with van der Waals surface area (Å²) in [7, 11) is 0. The lowest BCUT2D eigenvalue weighted by Crippen LogP contribution is -2.18. The molecule has 2 aromatic carbocycles. The molecule has 0 unspecified atom stereocenters. The Labute approximate surface area is 144 Å². The Balaban J connectivity index is 1.65. The van der Waals surface area contributed by atoms with Gasteiger partial charge in [0.05, 0.1) is 11.3 Å². The minimum absolute atomic E-state index is 0.263. The Kier molecular flexibility index (Phi) is 4.94. The van der Waals surface area contributed by atoms with Crippen LogP contribution < -0.4 is 5.32 Å². The lowest BCUT2D eigenvalue weighted by atomic mass is 10.1. The lowest BCUT2D eigenvalue weighted by molar-refractivity contribution is 0.553. The Bertz CT molecular complexity index is 780. The van der Waals surface area contributed by atoms with E-state index in [-0.39, 0.29) is 6.04 Å². The molecule has 0 bridgehead atoms. The first kappa shape index (κ1) is 16.0. The number of oxazole rings is 1. The van der Waals surface area contributed by atoms with Crippen molar-refractivity contribution in [1.82, 2.24) is 10.3 Å². The zero-order valence-electron chi connectivity index (χ0n) is 13.2. The third kappa shape index (κ3) is 3.89. The van der Waals surface area contributed by atoms with Crippen molar-refractivity contribution in [2.24, 2.45) is 0 Å². The van der Waals surface area contributed by atoms with Crippen molar-refractivity contribution in [2.75, 3.05) is 0 Å². The van der Waals surface area contributed by atoms with Crippen LogP contribution in [0.15, 0.2) is 63.7 Å². The van der Waals surface area contributed by atoms with Crippen LogP contribution in [0.4, 0.5) is 0 Å². The van der Waals surface area contributed by atoms with Crippen LogP contribution in [-0.2, 0) is 6.54 Å². The van der Waals surface area contributed by atoms with E-state index in [1.54, 1.807) is 6.26 Å². The molecule has 3 rings (SSSR count). The van der Waals surface area contributed by atoms with Gasteiger partial charge < -0.3 is 9.73 Å². The third-order valence-corrected chi connectivity index (χ3v) is 4.51. The van der Waals surface area contributed by atoms with Crippen LogP contribution in [0.2, 0.25) is 0 Å². The van der Waals surface area contributed by atoms with Gasteiger partial charge in [-0.05, 0) is 47.5 Å². The molecule has 1 N–H and O–H groups in total. The smallest absolute Gasteiger partial charge is 0.227 e. The van der Waals surface area contributed by atoms with Crippen molar-refractivity contribution in [3.63, 3.8) is 0 Å². The van der Waals surface area contributed by atoms with Gasteiger partial charge in [0.25, 0.3) is 0 Å². The number of halogens is 1. The molecular formula is C19H19BrN2O. The molecule has 0 fully saturated rings. The van der Waals surface area contributed by atoms with Crippen molar-refractivity contribution < 1.29 is 4.42 Å². The van der Waals surface area contributed by atoms with Crippen molar-refractivity contribution >= 4 is 15.9 Å². The van der Waals surface area contributed by atoms with E-state index in [1.165, 1.54) is 11.1 Å². The minimum Gasteiger partial charge on any atom is -0.444 e. The molecule has 0 aliphatic heterocycles. The van der Waals surface area contributed by atoms with Crippen molar-refractivity contribution in [3.8, 4) is 11.5 Å². The molecule has 1 heterocycles. The van der Waals surface area contributed by atoms with Crippen molar-refractivity contribution in [3.05, 3.63) is 76.1 Å². The van der Waals surface area contributed by atoms with Gasteiger partial charge in [-0.2, -0.15) is 0 Å². The second kappa shape index (κ2) is 7.11. The van der Waals surface area contributed by atoms with Gasteiger partial charge in [0, 0.05) is 17.1 Å². The van der Waals surface area contributed by atoms with E-state index < -0.39 is 0 Å². The van der Waals surface area contributed by atoms with Crippen LogP contribution in [0.25, 0.3) is 11.5 Å². The van der Waals surface area contributed by atoms with Crippen molar-refractivity contribution in [1.29, 1.82) is 0 Å². The number of aryl methyl sites for hydroxylation is 1. The van der Waals surface area contributed by atoms with Crippen LogP contribution in [0, 0.1) is 6.92 Å². The van der Waals surface area contributed by atoms with Gasteiger partial charge in [0.2, 0.25) is 5.89 Å². The van der Waals surface area contributed by atoms with Gasteiger partial charge in [-0.3, -0.25) is 0 Å². The highest BCUT2D eigenvalue weighted by atomic mass is 79.9. The average Bonchev–Trinajstić information content (AvgIpc) is 3.02. The summed E-state index contributed by atoms with van der Waals surface area (Å²) in [5, 5.41) is 3.48. The van der Waals surface area contributed by atoms with Crippen LogP contribution in [0.3, 0.4) is 0 Å². The summed E-state index contributed by atoms with van der Waals surface area (Å²) in [5.41, 5.74) is 4.40. The molecule has 0 saturated heterocycles. The largest absolute Gasteiger partial charge is 0.444 e. The number of benzene rings is 2. The summed E-state index contributed by atoms with van der Waals surface area (Å²) < 4.78 is 6.59. The predicted molar refractivity (Wildman–Crippen MR) is 96.1 cm³/mol. The highest BCUT2D eigenvalue weighted by Gasteiger charge is 2.11.